The highest BCUT2D eigenvalue weighted by Gasteiger charge is 2.76. The van der Waals surface area contributed by atoms with Gasteiger partial charge in [-0.05, 0) is 56.6 Å². The molecule has 2 unspecified atom stereocenters. The van der Waals surface area contributed by atoms with Crippen LogP contribution in [0.4, 0.5) is 4.39 Å². The average molecular weight is 378 g/mol. The van der Waals surface area contributed by atoms with Crippen LogP contribution in [-0.2, 0) is 9.59 Å². The summed E-state index contributed by atoms with van der Waals surface area (Å²) in [6.45, 7) is 5.10. The fourth-order valence-electron chi connectivity index (χ4n) is 7.00. The summed E-state index contributed by atoms with van der Waals surface area (Å²) in [5.41, 5.74) is -5.51. The Morgan fingerprint density at radius 1 is 1.30 bits per heavy atom. The van der Waals surface area contributed by atoms with Crippen LogP contribution in [-0.4, -0.2) is 44.4 Å². The van der Waals surface area contributed by atoms with Crippen molar-refractivity contribution in [1.29, 1.82) is 0 Å². The van der Waals surface area contributed by atoms with Gasteiger partial charge >= 0.3 is 5.97 Å². The van der Waals surface area contributed by atoms with E-state index >= 15 is 4.39 Å². The second kappa shape index (κ2) is 5.29. The van der Waals surface area contributed by atoms with Crippen molar-refractivity contribution in [2.24, 2.45) is 28.6 Å². The third-order valence-electron chi connectivity index (χ3n) is 8.55. The zero-order chi connectivity index (χ0) is 20.0. The van der Waals surface area contributed by atoms with Crippen molar-refractivity contribution in [2.45, 2.75) is 63.8 Å². The minimum Gasteiger partial charge on any atom is -0.479 e. The van der Waals surface area contributed by atoms with Crippen LogP contribution in [0, 0.1) is 28.6 Å². The van der Waals surface area contributed by atoms with Crippen LogP contribution < -0.4 is 0 Å². The van der Waals surface area contributed by atoms with Gasteiger partial charge in [0, 0.05) is 16.7 Å². The predicted molar refractivity (Wildman–Crippen MR) is 95.5 cm³/mol. The van der Waals surface area contributed by atoms with E-state index in [1.807, 2.05) is 0 Å². The first-order valence-corrected chi connectivity index (χ1v) is 9.70. The summed E-state index contributed by atoms with van der Waals surface area (Å²) >= 11 is 0. The van der Waals surface area contributed by atoms with Gasteiger partial charge in [-0.25, -0.2) is 9.18 Å². The van der Waals surface area contributed by atoms with Gasteiger partial charge in [-0.1, -0.05) is 25.5 Å². The van der Waals surface area contributed by atoms with Crippen molar-refractivity contribution >= 4 is 11.8 Å². The molecule has 8 atom stereocenters. The number of halogens is 1. The Labute approximate surface area is 158 Å². The Morgan fingerprint density at radius 2 is 1.96 bits per heavy atom. The van der Waals surface area contributed by atoms with Gasteiger partial charge in [-0.2, -0.15) is 0 Å². The van der Waals surface area contributed by atoms with E-state index in [0.29, 0.717) is 24.8 Å². The van der Waals surface area contributed by atoms with Crippen molar-refractivity contribution < 1.29 is 29.3 Å². The third-order valence-corrected chi connectivity index (χ3v) is 8.55. The number of carboxylic acid groups (broad SMARTS) is 1. The number of ketones is 1. The number of aliphatic hydroxyl groups excluding tert-OH is 1. The predicted octanol–water partition coefficient (Wildman–Crippen LogP) is 2.42. The van der Waals surface area contributed by atoms with E-state index in [1.54, 1.807) is 26.8 Å². The average Bonchev–Trinajstić information content (AvgIpc) is 2.79. The molecule has 0 aromatic rings. The minimum absolute atomic E-state index is 0.123. The monoisotopic (exact) mass is 378 g/mol. The van der Waals surface area contributed by atoms with Gasteiger partial charge < -0.3 is 15.3 Å². The number of carboxylic acids is 1. The Hall–Kier alpha value is -1.53. The molecule has 3 fully saturated rings. The summed E-state index contributed by atoms with van der Waals surface area (Å²) in [7, 11) is 0. The van der Waals surface area contributed by atoms with Crippen molar-refractivity contribution in [3.8, 4) is 0 Å². The first-order chi connectivity index (χ1) is 12.4. The Balaban J connectivity index is 1.85. The van der Waals surface area contributed by atoms with Crippen LogP contribution in [0.1, 0.15) is 46.5 Å². The van der Waals surface area contributed by atoms with Crippen LogP contribution in [0.15, 0.2) is 23.8 Å². The lowest BCUT2D eigenvalue weighted by atomic mass is 9.45. The highest BCUT2D eigenvalue weighted by molar-refractivity contribution is 6.01. The molecule has 5 nitrogen and oxygen atoms in total. The molecular formula is C21H27FO5. The van der Waals surface area contributed by atoms with Gasteiger partial charge in [0.15, 0.2) is 17.1 Å². The highest BCUT2D eigenvalue weighted by atomic mass is 19.1. The van der Waals surface area contributed by atoms with Crippen LogP contribution >= 0.6 is 0 Å². The molecule has 0 spiro atoms. The van der Waals surface area contributed by atoms with Gasteiger partial charge in [-0.15, -0.1) is 0 Å². The second-order valence-electron chi connectivity index (χ2n) is 9.47. The van der Waals surface area contributed by atoms with E-state index in [1.165, 1.54) is 12.2 Å². The summed E-state index contributed by atoms with van der Waals surface area (Å²) in [6.07, 6.45) is 4.22. The van der Waals surface area contributed by atoms with E-state index in [2.05, 4.69) is 0 Å². The molecule has 0 amide bonds. The molecule has 0 aromatic heterocycles. The quantitative estimate of drug-likeness (QED) is 0.651. The van der Waals surface area contributed by atoms with E-state index in [0.717, 1.165) is 0 Å². The second-order valence-corrected chi connectivity index (χ2v) is 9.47. The highest BCUT2D eigenvalue weighted by Crippen LogP contribution is 2.70. The van der Waals surface area contributed by atoms with Crippen molar-refractivity contribution in [1.82, 2.24) is 0 Å². The van der Waals surface area contributed by atoms with E-state index in [4.69, 9.17) is 0 Å². The summed E-state index contributed by atoms with van der Waals surface area (Å²) in [5.74, 6) is -2.94. The fourth-order valence-corrected chi connectivity index (χ4v) is 7.00. The maximum atomic E-state index is 16.8. The normalized spacial score (nSPS) is 54.0. The molecule has 0 saturated heterocycles. The number of alkyl halides is 1. The molecule has 0 bridgehead atoms. The number of fused-ring (bicyclic) bond motifs is 5. The lowest BCUT2D eigenvalue weighted by Crippen LogP contribution is -2.69. The number of aliphatic carboxylic acids is 1. The van der Waals surface area contributed by atoms with Crippen molar-refractivity contribution in [2.75, 3.05) is 0 Å². The number of hydrogen-bond donors (Lipinski definition) is 3. The largest absolute Gasteiger partial charge is 0.479 e. The Bertz CT molecular complexity index is 789. The molecule has 6 heteroatoms. The number of carbonyl (C=O) groups excluding carboxylic acids is 1. The molecule has 148 valence electrons. The fraction of sp³-hybridized carbons (Fsp3) is 0.714. The number of hydrogen-bond acceptors (Lipinski definition) is 4. The summed E-state index contributed by atoms with van der Waals surface area (Å²) < 4.78 is 16.8. The molecule has 4 rings (SSSR count). The maximum Gasteiger partial charge on any atom is 0.336 e. The van der Waals surface area contributed by atoms with Gasteiger partial charge in [0.05, 0.1) is 6.10 Å². The number of allylic oxidation sites excluding steroid dienone is 4. The lowest BCUT2D eigenvalue weighted by Gasteiger charge is -2.62. The lowest BCUT2D eigenvalue weighted by molar-refractivity contribution is -0.225. The van der Waals surface area contributed by atoms with Crippen LogP contribution in [0.2, 0.25) is 0 Å². The van der Waals surface area contributed by atoms with Gasteiger partial charge in [0.25, 0.3) is 0 Å². The van der Waals surface area contributed by atoms with Gasteiger partial charge in [0.2, 0.25) is 0 Å². The van der Waals surface area contributed by atoms with Crippen LogP contribution in [0.3, 0.4) is 0 Å². The number of aliphatic hydroxyl groups is 2. The van der Waals surface area contributed by atoms with Crippen LogP contribution in [0.25, 0.3) is 0 Å². The van der Waals surface area contributed by atoms with Gasteiger partial charge in [-0.3, -0.25) is 4.79 Å². The zero-order valence-electron chi connectivity index (χ0n) is 15.9. The molecule has 3 N–H and O–H groups in total. The smallest absolute Gasteiger partial charge is 0.336 e. The molecule has 27 heavy (non-hydrogen) atoms. The Kier molecular flexibility index (Phi) is 3.69. The van der Waals surface area contributed by atoms with E-state index < -0.39 is 46.0 Å². The molecule has 3 saturated carbocycles. The van der Waals surface area contributed by atoms with Gasteiger partial charge in [0.1, 0.15) is 0 Å². The zero-order valence-corrected chi connectivity index (χ0v) is 15.9. The maximum absolute atomic E-state index is 16.8. The molecule has 0 radical (unpaired) electrons. The van der Waals surface area contributed by atoms with Crippen molar-refractivity contribution in [3.05, 3.63) is 23.8 Å². The molecule has 0 heterocycles. The molecule has 4 aliphatic carbocycles. The summed E-state index contributed by atoms with van der Waals surface area (Å²) in [6, 6.07) is 0. The molecule has 4 aliphatic rings. The molecular weight excluding hydrogens is 351 g/mol. The Morgan fingerprint density at radius 3 is 2.59 bits per heavy atom. The van der Waals surface area contributed by atoms with E-state index in [9.17, 15) is 24.9 Å². The van der Waals surface area contributed by atoms with Crippen molar-refractivity contribution in [3.63, 3.8) is 0 Å². The van der Waals surface area contributed by atoms with Crippen LogP contribution in [0.5, 0.6) is 0 Å². The van der Waals surface area contributed by atoms with E-state index in [-0.39, 0.29) is 18.1 Å². The number of rotatable bonds is 1. The number of carbonyl (C=O) groups is 2. The summed E-state index contributed by atoms with van der Waals surface area (Å²) in [5, 5.41) is 31.9. The topological polar surface area (TPSA) is 94.8 Å². The molecule has 0 aliphatic heterocycles. The SMILES string of the molecule is C[C@@H]1C[C@H]2C3CCC4=CC(=O)C=C[C@]4(C)[C@@]3(F)[C@@H](O)CC2(C)[C@@]1(O)C(=O)O. The first kappa shape index (κ1) is 18.8. The summed E-state index contributed by atoms with van der Waals surface area (Å²) in [4.78, 5) is 23.8. The standard InChI is InChI=1S/C21H27FO5/c1-11-8-15-14-5-4-12-9-13(23)6-7-18(12,2)20(14,22)16(24)10-19(15,3)21(11,27)17(25)26/h6-7,9,11,14-16,24,27H,4-5,8,10H2,1-3H3,(H,25,26)/t11-,14?,15+,16+,18+,19?,20+,21+/m1/s1. The third kappa shape index (κ3) is 1.91. The minimum atomic E-state index is -2.00. The first-order valence-electron chi connectivity index (χ1n) is 9.70. The molecule has 0 aromatic carbocycles.